The lowest BCUT2D eigenvalue weighted by atomic mass is 10.0. The Morgan fingerprint density at radius 2 is 1.58 bits per heavy atom. The summed E-state index contributed by atoms with van der Waals surface area (Å²) in [6, 6.07) is 15.0. The van der Waals surface area contributed by atoms with E-state index in [-0.39, 0.29) is 12.2 Å². The monoisotopic (exact) mass is 363 g/mol. The third-order valence-corrected chi connectivity index (χ3v) is 4.29. The summed E-state index contributed by atoms with van der Waals surface area (Å²) >= 11 is 0. The first-order valence-electron chi connectivity index (χ1n) is 8.50. The summed E-state index contributed by atoms with van der Waals surface area (Å²) in [5.41, 5.74) is 3.62. The minimum Gasteiger partial charge on any atom is -0.385 e. The van der Waals surface area contributed by atoms with Gasteiger partial charge in [-0.2, -0.15) is 13.2 Å². The Morgan fingerprint density at radius 3 is 2.31 bits per heavy atom. The topological polar surface area (TPSA) is 44.4 Å². The highest BCUT2D eigenvalue weighted by Gasteiger charge is 2.43. The van der Waals surface area contributed by atoms with Gasteiger partial charge >= 0.3 is 12.1 Å². The zero-order valence-corrected chi connectivity index (χ0v) is 14.1. The molecule has 0 fully saturated rings. The van der Waals surface area contributed by atoms with Gasteiger partial charge in [-0.05, 0) is 36.6 Å². The standard InChI is InChI=1S/C10H9F3N2O.C9H11N/c11-10(12,13)9(16)15-6-5-14-7-3-1-2-4-8(7)15;1-2-6-9-8(4-1)5-3-7-10-9/h1-4,14H,5-6H2;1-2,4,6,10H,3,5,7H2. The molecule has 138 valence electrons. The second-order valence-corrected chi connectivity index (χ2v) is 6.09. The van der Waals surface area contributed by atoms with E-state index in [1.807, 2.05) is 0 Å². The minimum absolute atomic E-state index is 0.0232. The molecule has 0 saturated heterocycles. The fourth-order valence-corrected chi connectivity index (χ4v) is 3.06. The van der Waals surface area contributed by atoms with E-state index < -0.39 is 12.1 Å². The number of nitrogens with zero attached hydrogens (tertiary/aromatic N) is 1. The van der Waals surface area contributed by atoms with E-state index in [0.717, 1.165) is 11.4 Å². The summed E-state index contributed by atoms with van der Waals surface area (Å²) < 4.78 is 36.9. The Morgan fingerprint density at radius 1 is 0.923 bits per heavy atom. The predicted octanol–water partition coefficient (Wildman–Crippen LogP) is 4.05. The van der Waals surface area contributed by atoms with Crippen molar-refractivity contribution in [3.8, 4) is 0 Å². The molecule has 0 saturated carbocycles. The van der Waals surface area contributed by atoms with Gasteiger partial charge in [0.25, 0.3) is 0 Å². The maximum absolute atomic E-state index is 12.3. The molecular weight excluding hydrogens is 343 g/mol. The number of amides is 1. The largest absolute Gasteiger partial charge is 0.471 e. The Labute approximate surface area is 150 Å². The van der Waals surface area contributed by atoms with Crippen LogP contribution in [-0.2, 0) is 11.2 Å². The van der Waals surface area contributed by atoms with Gasteiger partial charge in [-0.3, -0.25) is 4.79 Å². The van der Waals surface area contributed by atoms with Crippen molar-refractivity contribution in [1.29, 1.82) is 0 Å². The first kappa shape index (κ1) is 18.1. The minimum atomic E-state index is -4.83. The molecule has 2 N–H and O–H groups in total. The number of carbonyl (C=O) groups is 1. The Balaban J connectivity index is 0.000000167. The molecule has 0 unspecified atom stereocenters. The molecule has 0 bridgehead atoms. The van der Waals surface area contributed by atoms with Crippen molar-refractivity contribution in [2.45, 2.75) is 19.0 Å². The molecular formula is C19H20F3N3O. The highest BCUT2D eigenvalue weighted by atomic mass is 19.4. The molecule has 2 aliphatic heterocycles. The van der Waals surface area contributed by atoms with Crippen molar-refractivity contribution < 1.29 is 18.0 Å². The van der Waals surface area contributed by atoms with Crippen molar-refractivity contribution in [2.75, 3.05) is 35.2 Å². The molecule has 2 aromatic carbocycles. The average Bonchev–Trinajstić information content (AvgIpc) is 2.67. The summed E-state index contributed by atoms with van der Waals surface area (Å²) in [6.07, 6.45) is -2.31. The number of alkyl halides is 3. The Bertz CT molecular complexity index is 752. The number of para-hydroxylation sites is 3. The fourth-order valence-electron chi connectivity index (χ4n) is 3.06. The number of aryl methyl sites for hydroxylation is 1. The number of rotatable bonds is 0. The van der Waals surface area contributed by atoms with E-state index in [4.69, 9.17) is 0 Å². The van der Waals surface area contributed by atoms with Crippen LogP contribution in [0.2, 0.25) is 0 Å². The third-order valence-electron chi connectivity index (χ3n) is 4.29. The van der Waals surface area contributed by atoms with Crippen LogP contribution in [-0.4, -0.2) is 31.7 Å². The molecule has 4 rings (SSSR count). The Hall–Kier alpha value is -2.70. The van der Waals surface area contributed by atoms with Gasteiger partial charge in [0.05, 0.1) is 11.4 Å². The number of nitrogens with one attached hydrogen (secondary N) is 2. The molecule has 2 aliphatic rings. The molecule has 0 spiro atoms. The average molecular weight is 363 g/mol. The maximum Gasteiger partial charge on any atom is 0.471 e. The van der Waals surface area contributed by atoms with Crippen molar-refractivity contribution in [3.05, 3.63) is 54.1 Å². The predicted molar refractivity (Wildman–Crippen MR) is 96.6 cm³/mol. The van der Waals surface area contributed by atoms with Crippen LogP contribution in [0.5, 0.6) is 0 Å². The van der Waals surface area contributed by atoms with E-state index >= 15 is 0 Å². The van der Waals surface area contributed by atoms with E-state index in [2.05, 4.69) is 34.9 Å². The molecule has 26 heavy (non-hydrogen) atoms. The van der Waals surface area contributed by atoms with Crippen molar-refractivity contribution in [1.82, 2.24) is 0 Å². The van der Waals surface area contributed by atoms with E-state index in [9.17, 15) is 18.0 Å². The van der Waals surface area contributed by atoms with Crippen LogP contribution < -0.4 is 15.5 Å². The zero-order chi connectivity index (χ0) is 18.6. The number of anilines is 3. The Kier molecular flexibility index (Phi) is 5.35. The lowest BCUT2D eigenvalue weighted by Crippen LogP contribution is -2.45. The van der Waals surface area contributed by atoms with Gasteiger partial charge in [0.1, 0.15) is 0 Å². The van der Waals surface area contributed by atoms with Crippen LogP contribution in [0.3, 0.4) is 0 Å². The lowest BCUT2D eigenvalue weighted by molar-refractivity contribution is -0.170. The number of hydrogen-bond acceptors (Lipinski definition) is 3. The highest BCUT2D eigenvalue weighted by Crippen LogP contribution is 2.31. The number of carbonyl (C=O) groups excluding carboxylic acids is 1. The molecule has 0 atom stereocenters. The second kappa shape index (κ2) is 7.68. The van der Waals surface area contributed by atoms with Gasteiger partial charge in [0.15, 0.2) is 0 Å². The third kappa shape index (κ3) is 4.09. The normalized spacial score (nSPS) is 15.4. The molecule has 0 aliphatic carbocycles. The second-order valence-electron chi connectivity index (χ2n) is 6.09. The number of halogens is 3. The van der Waals surface area contributed by atoms with Crippen LogP contribution in [0, 0.1) is 0 Å². The lowest BCUT2D eigenvalue weighted by Gasteiger charge is -2.30. The number of fused-ring (bicyclic) bond motifs is 2. The summed E-state index contributed by atoms with van der Waals surface area (Å²) in [4.78, 5) is 11.9. The van der Waals surface area contributed by atoms with Gasteiger partial charge in [0.2, 0.25) is 0 Å². The van der Waals surface area contributed by atoms with Crippen LogP contribution >= 0.6 is 0 Å². The van der Waals surface area contributed by atoms with Gasteiger partial charge in [0, 0.05) is 25.3 Å². The van der Waals surface area contributed by atoms with Crippen LogP contribution in [0.25, 0.3) is 0 Å². The van der Waals surface area contributed by atoms with Gasteiger partial charge in [-0.1, -0.05) is 30.3 Å². The number of benzene rings is 2. The first-order valence-corrected chi connectivity index (χ1v) is 8.50. The molecule has 2 heterocycles. The number of hydrogen-bond donors (Lipinski definition) is 2. The van der Waals surface area contributed by atoms with Crippen LogP contribution in [0.15, 0.2) is 48.5 Å². The molecule has 7 heteroatoms. The van der Waals surface area contributed by atoms with Gasteiger partial charge in [-0.25, -0.2) is 0 Å². The summed E-state index contributed by atoms with van der Waals surface area (Å²) in [7, 11) is 0. The molecule has 0 aromatic heterocycles. The fraction of sp³-hybridized carbons (Fsp3) is 0.316. The zero-order valence-electron chi connectivity index (χ0n) is 14.1. The van der Waals surface area contributed by atoms with E-state index in [1.165, 1.54) is 30.2 Å². The first-order chi connectivity index (χ1) is 12.5. The summed E-state index contributed by atoms with van der Waals surface area (Å²) in [5.74, 6) is -1.82. The van der Waals surface area contributed by atoms with Crippen molar-refractivity contribution >= 4 is 23.0 Å². The van der Waals surface area contributed by atoms with E-state index in [0.29, 0.717) is 12.2 Å². The highest BCUT2D eigenvalue weighted by molar-refractivity contribution is 6.00. The van der Waals surface area contributed by atoms with Crippen molar-refractivity contribution in [2.24, 2.45) is 0 Å². The molecule has 4 nitrogen and oxygen atoms in total. The maximum atomic E-state index is 12.3. The van der Waals surface area contributed by atoms with E-state index in [1.54, 1.807) is 18.2 Å². The quantitative estimate of drug-likeness (QED) is 0.742. The van der Waals surface area contributed by atoms with Crippen LogP contribution in [0.4, 0.5) is 30.2 Å². The molecule has 0 radical (unpaired) electrons. The van der Waals surface area contributed by atoms with Crippen molar-refractivity contribution in [3.63, 3.8) is 0 Å². The molecule has 1 amide bonds. The summed E-state index contributed by atoms with van der Waals surface area (Å²) in [5, 5.41) is 6.30. The van der Waals surface area contributed by atoms with Gasteiger partial charge < -0.3 is 15.5 Å². The molecule has 2 aromatic rings. The summed E-state index contributed by atoms with van der Waals surface area (Å²) in [6.45, 7) is 1.48. The van der Waals surface area contributed by atoms with Gasteiger partial charge in [-0.15, -0.1) is 0 Å². The smallest absolute Gasteiger partial charge is 0.385 e. The van der Waals surface area contributed by atoms with Crippen LogP contribution in [0.1, 0.15) is 12.0 Å². The SMILES string of the molecule is O=C(N1CCNc2ccccc21)C(F)(F)F.c1ccc2c(c1)CCCN2.